The zero-order chi connectivity index (χ0) is 25.7. The van der Waals surface area contributed by atoms with Gasteiger partial charge in [-0.1, -0.05) is 48.5 Å². The molecule has 0 saturated heterocycles. The Bertz CT molecular complexity index is 2290. The minimum absolute atomic E-state index is 1.19. The van der Waals surface area contributed by atoms with Crippen LogP contribution in [0.15, 0.2) is 110 Å². The van der Waals surface area contributed by atoms with E-state index in [1.807, 2.05) is 24.8 Å². The van der Waals surface area contributed by atoms with E-state index in [2.05, 4.69) is 94.9 Å². The first kappa shape index (κ1) is 19.7. The fourth-order valence-corrected chi connectivity index (χ4v) is 7.95. The van der Waals surface area contributed by atoms with Crippen LogP contribution >= 0.6 is 0 Å². The van der Waals surface area contributed by atoms with Gasteiger partial charge < -0.3 is 0 Å². The summed E-state index contributed by atoms with van der Waals surface area (Å²) in [6.07, 6.45) is 7.72. The van der Waals surface area contributed by atoms with Gasteiger partial charge in [-0.3, -0.25) is 9.97 Å². The standard InChI is InChI=1S/C38H18N2/c1-5-27-31-13-19-9-11-39-17-21(19)15-33(31)29-7-3-25-26-4-8-30-34-16-22-18-40-12-10-20(22)14-32(34)28-6-2-24(36(26)38(28)30)23(1)35(25)37(27)29/h1-18H. The maximum atomic E-state index is 4.38. The molecule has 0 atom stereocenters. The molecule has 0 radical (unpaired) electrons. The van der Waals surface area contributed by atoms with Gasteiger partial charge in [0.2, 0.25) is 0 Å². The minimum Gasteiger partial charge on any atom is -0.264 e. The highest BCUT2D eigenvalue weighted by atomic mass is 14.6. The average molecular weight is 503 g/mol. The van der Waals surface area contributed by atoms with E-state index in [0.717, 1.165) is 0 Å². The second-order valence-electron chi connectivity index (χ2n) is 11.4. The first-order valence-electron chi connectivity index (χ1n) is 13.8. The predicted molar refractivity (Wildman–Crippen MR) is 167 cm³/mol. The Kier molecular flexibility index (Phi) is 3.17. The van der Waals surface area contributed by atoms with Crippen LogP contribution in [0.1, 0.15) is 0 Å². The van der Waals surface area contributed by atoms with E-state index in [1.165, 1.54) is 109 Å². The third kappa shape index (κ3) is 2.11. The molecular weight excluding hydrogens is 484 g/mol. The molecule has 2 nitrogen and oxygen atoms in total. The predicted octanol–water partition coefficient (Wildman–Crippen LogP) is 10.1. The zero-order valence-electron chi connectivity index (χ0n) is 21.3. The topological polar surface area (TPSA) is 25.8 Å². The van der Waals surface area contributed by atoms with Crippen molar-refractivity contribution in [2.24, 2.45) is 0 Å². The fourth-order valence-electron chi connectivity index (χ4n) is 7.95. The summed E-state index contributed by atoms with van der Waals surface area (Å²) in [5.41, 5.74) is 10.6. The smallest absolute Gasteiger partial charge is 0.0346 e. The van der Waals surface area contributed by atoms with Crippen LogP contribution in [0.3, 0.4) is 0 Å². The third-order valence-corrected chi connectivity index (χ3v) is 9.62. The Labute approximate surface area is 228 Å². The molecule has 9 aromatic rings. The first-order chi connectivity index (χ1) is 19.8. The molecule has 2 heteroatoms. The van der Waals surface area contributed by atoms with Crippen molar-refractivity contribution in [2.45, 2.75) is 0 Å². The van der Waals surface area contributed by atoms with Gasteiger partial charge in [-0.25, -0.2) is 0 Å². The van der Waals surface area contributed by atoms with Crippen LogP contribution in [0.5, 0.6) is 0 Å². The molecule has 0 aliphatic heterocycles. The number of rotatable bonds is 0. The largest absolute Gasteiger partial charge is 0.264 e. The lowest BCUT2D eigenvalue weighted by atomic mass is 9.86. The molecule has 2 aliphatic carbocycles. The van der Waals surface area contributed by atoms with E-state index in [4.69, 9.17) is 0 Å². The number of pyridine rings is 2. The van der Waals surface area contributed by atoms with E-state index in [-0.39, 0.29) is 0 Å². The molecule has 7 aromatic carbocycles. The van der Waals surface area contributed by atoms with Gasteiger partial charge in [0, 0.05) is 35.6 Å². The van der Waals surface area contributed by atoms with Gasteiger partial charge in [-0.15, -0.1) is 0 Å². The quantitative estimate of drug-likeness (QED) is 0.152. The number of hydrogen-bond donors (Lipinski definition) is 0. The first-order valence-corrected chi connectivity index (χ1v) is 13.8. The van der Waals surface area contributed by atoms with Gasteiger partial charge in [0.05, 0.1) is 0 Å². The molecule has 180 valence electrons. The van der Waals surface area contributed by atoms with Gasteiger partial charge in [0.15, 0.2) is 0 Å². The van der Waals surface area contributed by atoms with Crippen molar-refractivity contribution < 1.29 is 0 Å². The van der Waals surface area contributed by atoms with E-state index in [0.29, 0.717) is 0 Å². The van der Waals surface area contributed by atoms with Crippen LogP contribution in [0.2, 0.25) is 0 Å². The van der Waals surface area contributed by atoms with Crippen molar-refractivity contribution >= 4 is 64.6 Å². The van der Waals surface area contributed by atoms with Crippen LogP contribution in [0.4, 0.5) is 0 Å². The molecule has 2 aliphatic rings. The van der Waals surface area contributed by atoms with Gasteiger partial charge in [-0.05, 0) is 135 Å². The zero-order valence-corrected chi connectivity index (χ0v) is 21.3. The molecule has 0 spiro atoms. The van der Waals surface area contributed by atoms with Crippen molar-refractivity contribution in [2.75, 3.05) is 0 Å². The second-order valence-corrected chi connectivity index (χ2v) is 11.4. The summed E-state index contributed by atoms with van der Waals surface area (Å²) < 4.78 is 0. The summed E-state index contributed by atoms with van der Waals surface area (Å²) in [4.78, 5) is 8.76. The molecule has 0 amide bonds. The van der Waals surface area contributed by atoms with Gasteiger partial charge in [0.1, 0.15) is 0 Å². The fraction of sp³-hybridized carbons (Fsp3) is 0. The Morgan fingerprint density at radius 2 is 0.650 bits per heavy atom. The lowest BCUT2D eigenvalue weighted by molar-refractivity contribution is 1.36. The minimum atomic E-state index is 1.19. The number of benzene rings is 7. The second kappa shape index (κ2) is 6.44. The maximum absolute atomic E-state index is 4.38. The number of hydrogen-bond acceptors (Lipinski definition) is 2. The van der Waals surface area contributed by atoms with Crippen LogP contribution in [-0.2, 0) is 0 Å². The summed E-state index contributed by atoms with van der Waals surface area (Å²) in [5, 5.41) is 15.8. The maximum Gasteiger partial charge on any atom is 0.0346 e. The molecular formula is C38H18N2. The van der Waals surface area contributed by atoms with Crippen LogP contribution in [0, 0.1) is 0 Å². The lowest BCUT2D eigenvalue weighted by Crippen LogP contribution is -1.88. The lowest BCUT2D eigenvalue weighted by Gasteiger charge is -2.16. The van der Waals surface area contributed by atoms with Crippen molar-refractivity contribution in [1.29, 1.82) is 0 Å². The number of aromatic nitrogens is 2. The van der Waals surface area contributed by atoms with E-state index >= 15 is 0 Å². The van der Waals surface area contributed by atoms with Crippen molar-refractivity contribution in [3.63, 3.8) is 0 Å². The van der Waals surface area contributed by atoms with Crippen LogP contribution in [-0.4, -0.2) is 9.97 Å². The van der Waals surface area contributed by atoms with E-state index in [9.17, 15) is 0 Å². The van der Waals surface area contributed by atoms with Crippen LogP contribution in [0.25, 0.3) is 109 Å². The highest BCUT2D eigenvalue weighted by molar-refractivity contribution is 6.40. The Morgan fingerprint density at radius 3 is 1.02 bits per heavy atom. The summed E-state index contributed by atoms with van der Waals surface area (Å²) in [6, 6.07) is 32.4. The molecule has 0 N–H and O–H groups in total. The monoisotopic (exact) mass is 502 g/mol. The summed E-state index contributed by atoms with van der Waals surface area (Å²) >= 11 is 0. The molecule has 11 rings (SSSR count). The number of fused-ring (bicyclic) bond motifs is 10. The number of nitrogens with zero attached hydrogens (tertiary/aromatic N) is 2. The molecule has 2 aromatic heterocycles. The Balaban J connectivity index is 1.30. The molecule has 40 heavy (non-hydrogen) atoms. The molecule has 0 fully saturated rings. The van der Waals surface area contributed by atoms with Gasteiger partial charge in [-0.2, -0.15) is 0 Å². The molecule has 2 heterocycles. The van der Waals surface area contributed by atoms with E-state index in [1.54, 1.807) is 0 Å². The normalized spacial score (nSPS) is 13.0. The summed E-state index contributed by atoms with van der Waals surface area (Å²) in [5.74, 6) is 0. The third-order valence-electron chi connectivity index (χ3n) is 9.62. The molecule has 0 saturated carbocycles. The van der Waals surface area contributed by atoms with Crippen molar-refractivity contribution in [3.8, 4) is 44.5 Å². The van der Waals surface area contributed by atoms with Crippen molar-refractivity contribution in [1.82, 2.24) is 9.97 Å². The molecule has 0 unspecified atom stereocenters. The van der Waals surface area contributed by atoms with Gasteiger partial charge in [0.25, 0.3) is 0 Å². The van der Waals surface area contributed by atoms with E-state index < -0.39 is 0 Å². The molecule has 0 bridgehead atoms. The van der Waals surface area contributed by atoms with Crippen molar-refractivity contribution in [3.05, 3.63) is 110 Å². The summed E-state index contributed by atoms with van der Waals surface area (Å²) in [6.45, 7) is 0. The SMILES string of the molecule is c1cc2cc3c(cc2cn1)-c1ccc2c4ccc5c6c(ccc(c7ccc-3c1c72)c64)-c1cc2ccncc2cc1-5. The van der Waals surface area contributed by atoms with Crippen LogP contribution < -0.4 is 0 Å². The van der Waals surface area contributed by atoms with Gasteiger partial charge >= 0.3 is 0 Å². The average Bonchev–Trinajstić information content (AvgIpc) is 3.50. The highest BCUT2D eigenvalue weighted by Crippen LogP contribution is 2.56. The Hall–Kier alpha value is -5.34. The Morgan fingerprint density at radius 1 is 0.300 bits per heavy atom. The summed E-state index contributed by atoms with van der Waals surface area (Å²) in [7, 11) is 0. The highest BCUT2D eigenvalue weighted by Gasteiger charge is 2.28.